The van der Waals surface area contributed by atoms with E-state index in [9.17, 15) is 19.2 Å². The summed E-state index contributed by atoms with van der Waals surface area (Å²) in [5, 5.41) is 6.22. The molecule has 70 heavy (non-hydrogen) atoms. The Kier molecular flexibility index (Phi) is 12.1. The number of carbonyl (C=O) groups is 4. The van der Waals surface area contributed by atoms with Gasteiger partial charge in [-0.05, 0) is 80.0 Å². The predicted molar refractivity (Wildman–Crippen MR) is 258 cm³/mol. The highest BCUT2D eigenvalue weighted by Gasteiger charge is 2.40. The molecule has 5 atom stereocenters. The number of carbonyl (C=O) groups excluding carboxylic acids is 4. The average molecular weight is 954 g/mol. The summed E-state index contributed by atoms with van der Waals surface area (Å²) in [5.74, 6) is 0.870. The molecule has 0 radical (unpaired) electrons. The Morgan fingerprint density at radius 1 is 0.757 bits per heavy atom. The normalized spacial score (nSPS) is 18.5. The number of aromatic amines is 2. The van der Waals surface area contributed by atoms with Crippen molar-refractivity contribution < 1.29 is 37.8 Å². The Bertz CT molecular complexity index is 3170. The molecule has 4 amide bonds. The average Bonchev–Trinajstić information content (AvgIpc) is 4.22. The summed E-state index contributed by atoms with van der Waals surface area (Å²) < 4.78 is 37.5. The van der Waals surface area contributed by atoms with E-state index in [-0.39, 0.29) is 41.3 Å². The fourth-order valence-electron chi connectivity index (χ4n) is 10.3. The van der Waals surface area contributed by atoms with Gasteiger partial charge in [-0.2, -0.15) is 0 Å². The number of benzene rings is 3. The van der Waals surface area contributed by atoms with Gasteiger partial charge in [-0.1, -0.05) is 45.9 Å². The van der Waals surface area contributed by atoms with Crippen molar-refractivity contribution >= 4 is 45.9 Å². The van der Waals surface area contributed by atoms with Crippen LogP contribution in [0.15, 0.2) is 73.1 Å². The van der Waals surface area contributed by atoms with Gasteiger partial charge in [-0.25, -0.2) is 28.9 Å². The largest absolute Gasteiger partial charge is 0.462 e. The molecule has 4 aromatic heterocycles. The first-order chi connectivity index (χ1) is 33.7. The van der Waals surface area contributed by atoms with Crippen LogP contribution < -0.4 is 15.4 Å². The maximum Gasteiger partial charge on any atom is 0.407 e. The Morgan fingerprint density at radius 2 is 1.34 bits per heavy atom. The lowest BCUT2D eigenvalue weighted by Crippen LogP contribution is -2.51. The minimum atomic E-state index is -0.797. The monoisotopic (exact) mass is 953 g/mol. The number of fused-ring (bicyclic) bond motifs is 6. The molecule has 19 heteroatoms. The molecule has 3 aliphatic rings. The van der Waals surface area contributed by atoms with E-state index in [0.29, 0.717) is 66.1 Å². The number of alkyl carbamates (subject to hydrolysis) is 2. The summed E-state index contributed by atoms with van der Waals surface area (Å²) in [6.07, 6.45) is 4.17. The molecule has 364 valence electrons. The fraction of sp³-hybridized carbons (Fsp3) is 0.392. The van der Waals surface area contributed by atoms with Gasteiger partial charge < -0.3 is 49.2 Å². The number of aryl methyl sites for hydroxylation is 1. The van der Waals surface area contributed by atoms with Gasteiger partial charge in [-0.3, -0.25) is 14.2 Å². The number of likely N-dealkylation sites (tertiary alicyclic amines) is 2. The molecule has 0 bridgehead atoms. The Hall–Kier alpha value is -7.70. The van der Waals surface area contributed by atoms with E-state index in [2.05, 4.69) is 20.6 Å². The molecule has 0 aliphatic carbocycles. The van der Waals surface area contributed by atoms with Crippen LogP contribution in [-0.4, -0.2) is 107 Å². The lowest BCUT2D eigenvalue weighted by atomic mass is 10.0. The number of hydrogen-bond acceptors (Lipinski definition) is 10. The second kappa shape index (κ2) is 18.3. The second-order valence-electron chi connectivity index (χ2n) is 19.0. The maximum atomic E-state index is 17.0. The van der Waals surface area contributed by atoms with Crippen LogP contribution in [0.3, 0.4) is 0 Å². The smallest absolute Gasteiger partial charge is 0.407 e. The Labute approximate surface area is 402 Å². The summed E-state index contributed by atoms with van der Waals surface area (Å²) in [6, 6.07) is 16.8. The van der Waals surface area contributed by atoms with E-state index in [1.807, 2.05) is 98.5 Å². The first-order valence-electron chi connectivity index (χ1n) is 23.7. The van der Waals surface area contributed by atoms with E-state index >= 15 is 4.39 Å². The standard InChI is InChI=1S/C51H56FN11O7/c1-26(2)42(58-50(66)68-6)47(64)61-18-10-14-37(61)44-53-24-33(55-44)28-16-17-35-30(20-28)22-39-41-31(52)21-29(23-40(41)70-49(63(35)39)46-57-32-12-8-9-13-36(32)60(46)5)34-25-54-45(56-34)38-15-11-19-62(38)48(65)43(27(3)4)59-51(67)69-7/h8-9,12-13,16-17,20-27,37-38,42-43,49H,10-11,14-15,18-19H2,1-7H3,(H,53,55)(H,54,56)(H,58,66)(H,59,67)/t37-,38-,42?,43-,49?/m0/s1. The third-order valence-corrected chi connectivity index (χ3v) is 14.0. The zero-order chi connectivity index (χ0) is 49.1. The lowest BCUT2D eigenvalue weighted by molar-refractivity contribution is -0.136. The highest BCUT2D eigenvalue weighted by Crippen LogP contribution is 2.48. The number of para-hydroxylation sites is 2. The molecule has 18 nitrogen and oxygen atoms in total. The molecule has 7 heterocycles. The van der Waals surface area contributed by atoms with Crippen LogP contribution in [0.5, 0.6) is 5.75 Å². The van der Waals surface area contributed by atoms with Crippen LogP contribution in [-0.2, 0) is 26.1 Å². The summed E-state index contributed by atoms with van der Waals surface area (Å²) in [6.45, 7) is 8.52. The van der Waals surface area contributed by atoms with Crippen molar-refractivity contribution in [2.45, 2.75) is 83.8 Å². The molecular formula is C51H56FN11O7. The predicted octanol–water partition coefficient (Wildman–Crippen LogP) is 8.14. The van der Waals surface area contributed by atoms with Gasteiger partial charge in [0.05, 0.1) is 77.9 Å². The van der Waals surface area contributed by atoms with Crippen molar-refractivity contribution in [3.8, 4) is 39.5 Å². The molecular weight excluding hydrogens is 898 g/mol. The third kappa shape index (κ3) is 8.05. The highest BCUT2D eigenvalue weighted by molar-refractivity contribution is 5.93. The SMILES string of the molecule is COC(=O)NC(C(=O)N1CCC[C@H]1c1ncc(-c2ccc3c(c2)cc2n3C(c3nc4ccccc4n3C)Oc3cc(-c4cnc([C@@H]5CCCN5C(=O)[C@@H](NC(=O)OC)C(C)C)[nH]4)cc(F)c3-2)[nH]1)C(C)C. The summed E-state index contributed by atoms with van der Waals surface area (Å²) in [7, 11) is 4.48. The topological polar surface area (TPSA) is 207 Å². The zero-order valence-corrected chi connectivity index (χ0v) is 40.1. The second-order valence-corrected chi connectivity index (χ2v) is 19.0. The number of ether oxygens (including phenoxy) is 3. The molecule has 2 saturated heterocycles. The molecule has 4 N–H and O–H groups in total. The van der Waals surface area contributed by atoms with Crippen LogP contribution in [0.1, 0.15) is 89.2 Å². The number of rotatable bonds is 11. The van der Waals surface area contributed by atoms with Gasteiger partial charge in [0.25, 0.3) is 0 Å². The van der Waals surface area contributed by atoms with E-state index < -0.39 is 36.3 Å². The van der Waals surface area contributed by atoms with Crippen LogP contribution in [0.4, 0.5) is 14.0 Å². The van der Waals surface area contributed by atoms with E-state index in [4.69, 9.17) is 29.2 Å². The van der Waals surface area contributed by atoms with Gasteiger partial charge >= 0.3 is 12.2 Å². The number of nitrogens with one attached hydrogen (secondary N) is 4. The summed E-state index contributed by atoms with van der Waals surface area (Å²) >= 11 is 0. The molecule has 10 rings (SSSR count). The van der Waals surface area contributed by atoms with Gasteiger partial charge in [0.2, 0.25) is 18.0 Å². The number of methoxy groups -OCH3 is 2. The van der Waals surface area contributed by atoms with Crippen molar-refractivity contribution in [1.82, 2.24) is 54.5 Å². The first kappa shape index (κ1) is 46.1. The van der Waals surface area contributed by atoms with Crippen molar-refractivity contribution in [2.24, 2.45) is 18.9 Å². The quantitative estimate of drug-likeness (QED) is 0.0979. The van der Waals surface area contributed by atoms with Gasteiger partial charge in [-0.15, -0.1) is 0 Å². The molecule has 3 aliphatic heterocycles. The first-order valence-corrected chi connectivity index (χ1v) is 23.7. The molecule has 2 fully saturated rings. The summed E-state index contributed by atoms with van der Waals surface area (Å²) in [4.78, 5) is 76.9. The number of halogens is 1. The number of H-pyrrole nitrogens is 2. The van der Waals surface area contributed by atoms with E-state index in [0.717, 1.165) is 46.0 Å². The molecule has 0 saturated carbocycles. The Balaban J connectivity index is 0.992. The van der Waals surface area contributed by atoms with Crippen LogP contribution >= 0.6 is 0 Å². The van der Waals surface area contributed by atoms with Crippen LogP contribution in [0, 0.1) is 17.7 Å². The maximum absolute atomic E-state index is 17.0. The molecule has 3 aromatic carbocycles. The molecule has 7 aromatic rings. The highest BCUT2D eigenvalue weighted by atomic mass is 19.1. The number of aromatic nitrogens is 7. The lowest BCUT2D eigenvalue weighted by Gasteiger charge is -2.30. The number of hydrogen-bond donors (Lipinski definition) is 4. The van der Waals surface area contributed by atoms with E-state index in [1.54, 1.807) is 22.2 Å². The minimum Gasteiger partial charge on any atom is -0.462 e. The molecule has 0 spiro atoms. The number of imidazole rings is 3. The minimum absolute atomic E-state index is 0.162. The van der Waals surface area contributed by atoms with Gasteiger partial charge in [0.1, 0.15) is 35.3 Å². The fourth-order valence-corrected chi connectivity index (χ4v) is 10.3. The van der Waals surface area contributed by atoms with Crippen molar-refractivity contribution in [1.29, 1.82) is 0 Å². The number of nitrogens with zero attached hydrogens (tertiary/aromatic N) is 7. The van der Waals surface area contributed by atoms with Crippen LogP contribution in [0.2, 0.25) is 0 Å². The Morgan fingerprint density at radius 3 is 1.91 bits per heavy atom. The van der Waals surface area contributed by atoms with Crippen molar-refractivity contribution in [2.75, 3.05) is 27.3 Å². The van der Waals surface area contributed by atoms with Crippen LogP contribution in [0.25, 0.3) is 55.7 Å². The molecule has 2 unspecified atom stereocenters. The zero-order valence-electron chi connectivity index (χ0n) is 40.1. The van der Waals surface area contributed by atoms with Crippen molar-refractivity contribution in [3.63, 3.8) is 0 Å². The van der Waals surface area contributed by atoms with Gasteiger partial charge in [0.15, 0.2) is 5.82 Å². The van der Waals surface area contributed by atoms with E-state index in [1.165, 1.54) is 20.3 Å². The van der Waals surface area contributed by atoms with Gasteiger partial charge in [0, 0.05) is 36.7 Å². The van der Waals surface area contributed by atoms with Crippen molar-refractivity contribution in [3.05, 3.63) is 96.3 Å². The third-order valence-electron chi connectivity index (χ3n) is 14.0. The summed E-state index contributed by atoms with van der Waals surface area (Å²) in [5.41, 5.74) is 6.02. The number of amides is 4.